The topological polar surface area (TPSA) is 133 Å². The van der Waals surface area contributed by atoms with Crippen LogP contribution in [0.3, 0.4) is 0 Å². The van der Waals surface area contributed by atoms with Crippen molar-refractivity contribution in [3.8, 4) is 11.5 Å². The van der Waals surface area contributed by atoms with Gasteiger partial charge in [-0.2, -0.15) is 0 Å². The van der Waals surface area contributed by atoms with Crippen LogP contribution in [0, 0.1) is 0 Å². The summed E-state index contributed by atoms with van der Waals surface area (Å²) in [4.78, 5) is 31.8. The maximum Gasteiger partial charge on any atom is 0.349 e. The number of nitrogens with zero attached hydrogens (tertiary/aromatic N) is 1. The maximum atomic E-state index is 13.4. The molecule has 13 heteroatoms. The molecule has 0 radical (unpaired) electrons. The number of nitrogens with one attached hydrogen (secondary N) is 2. The number of ether oxygens (including phenoxy) is 2. The smallest absolute Gasteiger partial charge is 0.349 e. The number of esters is 1. The number of phenols is 1. The monoisotopic (exact) mass is 831 g/mol. The number of carbonyl (C=O) groups is 1. The summed E-state index contributed by atoms with van der Waals surface area (Å²) in [5.74, 6) is 0.276. The zero-order valence-corrected chi connectivity index (χ0v) is 36.5. The summed E-state index contributed by atoms with van der Waals surface area (Å²) in [6.45, 7) is 13.8. The van der Waals surface area contributed by atoms with Crippen molar-refractivity contribution >= 4 is 47.9 Å². The number of aromatic nitrogens is 1. The van der Waals surface area contributed by atoms with Crippen LogP contribution < -0.4 is 15.6 Å². The SMILES string of the molecule is CN(CCCOc1ccc(CNC[C@H](O[Si](C)(C)C(C)(C)C)c2ccc(O)c3[nH]c(=O)ccc23)cc1)[C@H]1CC[C@H](OC(=O)C(O)(c2cccs2)c2cccs2)CC1. The third-order valence-corrected chi connectivity index (χ3v) is 18.0. The molecule has 306 valence electrons. The number of H-pyrrole nitrogens is 1. The Bertz CT molecular complexity index is 2070. The van der Waals surface area contributed by atoms with Gasteiger partial charge in [0.15, 0.2) is 8.32 Å². The Kier molecular flexibility index (Phi) is 13.8. The first-order valence-corrected chi connectivity index (χ1v) is 24.5. The van der Waals surface area contributed by atoms with Crippen LogP contribution in [0.2, 0.25) is 18.1 Å². The molecular formula is C44H57N3O7S2Si. The fourth-order valence-corrected chi connectivity index (χ4v) is 10.1. The van der Waals surface area contributed by atoms with Gasteiger partial charge in [0.05, 0.1) is 28.0 Å². The van der Waals surface area contributed by atoms with Crippen LogP contribution in [0.5, 0.6) is 11.5 Å². The van der Waals surface area contributed by atoms with Crippen molar-refractivity contribution in [2.24, 2.45) is 0 Å². The number of fused-ring (bicyclic) bond motifs is 1. The number of aliphatic hydroxyl groups is 1. The van der Waals surface area contributed by atoms with Crippen molar-refractivity contribution in [1.29, 1.82) is 0 Å². The predicted octanol–water partition coefficient (Wildman–Crippen LogP) is 8.70. The number of carbonyl (C=O) groups excluding carboxylic acids is 1. The van der Waals surface area contributed by atoms with Gasteiger partial charge < -0.3 is 39.3 Å². The van der Waals surface area contributed by atoms with E-state index >= 15 is 0 Å². The van der Waals surface area contributed by atoms with E-state index in [1.54, 1.807) is 24.3 Å². The molecule has 10 nitrogen and oxygen atoms in total. The second-order valence-electron chi connectivity index (χ2n) is 16.6. The summed E-state index contributed by atoms with van der Waals surface area (Å²) in [6, 6.07) is 22.6. The second kappa shape index (κ2) is 18.4. The average molecular weight is 832 g/mol. The van der Waals surface area contributed by atoms with Gasteiger partial charge in [-0.05, 0) is 116 Å². The molecule has 5 aromatic rings. The normalized spacial score (nSPS) is 17.2. The quantitative estimate of drug-likeness (QED) is 0.0413. The minimum atomic E-state index is -2.18. The first-order chi connectivity index (χ1) is 27.2. The highest BCUT2D eigenvalue weighted by Crippen LogP contribution is 2.41. The molecule has 4 N–H and O–H groups in total. The molecule has 2 aromatic carbocycles. The van der Waals surface area contributed by atoms with Crippen molar-refractivity contribution in [3.63, 3.8) is 0 Å². The van der Waals surface area contributed by atoms with Crippen molar-refractivity contribution in [2.45, 2.75) is 101 Å². The number of rotatable bonds is 17. The zero-order valence-electron chi connectivity index (χ0n) is 33.9. The zero-order chi connectivity index (χ0) is 40.8. The Morgan fingerprint density at radius 1 is 0.965 bits per heavy atom. The van der Waals surface area contributed by atoms with Gasteiger partial charge in [-0.3, -0.25) is 4.79 Å². The number of thiophene rings is 2. The predicted molar refractivity (Wildman–Crippen MR) is 232 cm³/mol. The van der Waals surface area contributed by atoms with Gasteiger partial charge in [-0.25, -0.2) is 4.79 Å². The number of aromatic amines is 1. The van der Waals surface area contributed by atoms with Crippen LogP contribution in [0.1, 0.15) is 79.9 Å². The van der Waals surface area contributed by atoms with Crippen LogP contribution in [0.25, 0.3) is 10.9 Å². The lowest BCUT2D eigenvalue weighted by molar-refractivity contribution is -0.169. The standard InChI is InChI=1S/C44H57N3O7S2Si/c1-43(2,3)57(5,6)54-37(34-20-22-36(48)41-35(34)21-23-40(49)46-41)29-45-28-30-12-16-32(17-13-30)52-25-9-24-47(4)31-14-18-33(19-15-31)53-42(50)44(51,38-10-7-26-55-38)39-11-8-27-56-39/h7-8,10-13,16-17,20-23,26-27,31,33,37,45,48,51H,9,14-15,18-19,24-25,28-29H2,1-6H3,(H,46,49)/t31-,33-,37-/m0/s1. The van der Waals surface area contributed by atoms with Gasteiger partial charge in [-0.15, -0.1) is 22.7 Å². The number of phenolic OH excluding ortho intramolecular Hbond substituents is 1. The minimum absolute atomic E-state index is 0.000310. The van der Waals surface area contributed by atoms with E-state index in [2.05, 4.69) is 68.2 Å². The molecule has 3 aromatic heterocycles. The third kappa shape index (κ3) is 10.3. The second-order valence-corrected chi connectivity index (χ2v) is 23.3. The lowest BCUT2D eigenvalue weighted by Crippen LogP contribution is -2.43. The first kappa shape index (κ1) is 42.8. The van der Waals surface area contributed by atoms with Gasteiger partial charge in [0.1, 0.15) is 17.6 Å². The molecule has 1 atom stereocenters. The Hall–Kier alpha value is -3.82. The Morgan fingerprint density at radius 3 is 2.25 bits per heavy atom. The van der Waals surface area contributed by atoms with E-state index in [9.17, 15) is 19.8 Å². The van der Waals surface area contributed by atoms with E-state index in [1.807, 2.05) is 41.1 Å². The van der Waals surface area contributed by atoms with Gasteiger partial charge in [0.2, 0.25) is 11.2 Å². The molecule has 1 fully saturated rings. The summed E-state index contributed by atoms with van der Waals surface area (Å²) in [7, 11) is -0.0296. The van der Waals surface area contributed by atoms with Crippen molar-refractivity contribution in [3.05, 3.63) is 115 Å². The molecule has 0 amide bonds. The average Bonchev–Trinajstić information content (AvgIpc) is 3.93. The fourth-order valence-electron chi connectivity index (χ4n) is 7.16. The molecule has 0 spiro atoms. The van der Waals surface area contributed by atoms with Crippen LogP contribution in [0.15, 0.2) is 88.4 Å². The summed E-state index contributed by atoms with van der Waals surface area (Å²) in [6.07, 6.45) is 3.78. The highest BCUT2D eigenvalue weighted by molar-refractivity contribution is 7.12. The molecule has 1 saturated carbocycles. The molecule has 0 saturated heterocycles. The lowest BCUT2D eigenvalue weighted by atomic mass is 9.91. The van der Waals surface area contributed by atoms with Crippen LogP contribution in [0.4, 0.5) is 0 Å². The molecule has 0 bridgehead atoms. The Labute approximate surface area is 345 Å². The van der Waals surface area contributed by atoms with Crippen LogP contribution in [-0.4, -0.2) is 73.3 Å². The third-order valence-electron chi connectivity index (χ3n) is 11.6. The van der Waals surface area contributed by atoms with Crippen molar-refractivity contribution in [2.75, 3.05) is 26.7 Å². The van der Waals surface area contributed by atoms with Gasteiger partial charge in [0.25, 0.3) is 0 Å². The van der Waals surface area contributed by atoms with E-state index in [0.29, 0.717) is 41.0 Å². The number of hydrogen-bond acceptors (Lipinski definition) is 11. The highest BCUT2D eigenvalue weighted by Gasteiger charge is 2.45. The van der Waals surface area contributed by atoms with Crippen LogP contribution >= 0.6 is 22.7 Å². The van der Waals surface area contributed by atoms with E-state index in [1.165, 1.54) is 28.7 Å². The number of pyridine rings is 1. The minimum Gasteiger partial charge on any atom is -0.506 e. The summed E-state index contributed by atoms with van der Waals surface area (Å²) in [5.41, 5.74) is 0.434. The summed E-state index contributed by atoms with van der Waals surface area (Å²) in [5, 5.41) is 30.2. The first-order valence-electron chi connectivity index (χ1n) is 19.8. The largest absolute Gasteiger partial charge is 0.506 e. The Balaban J connectivity index is 0.943. The van der Waals surface area contributed by atoms with Gasteiger partial charge in [-0.1, -0.05) is 51.1 Å². The number of aromatic hydroxyl groups is 1. The maximum absolute atomic E-state index is 13.4. The molecule has 0 aliphatic heterocycles. The molecule has 6 rings (SSSR count). The van der Waals surface area contributed by atoms with Gasteiger partial charge >= 0.3 is 5.97 Å². The summed E-state index contributed by atoms with van der Waals surface area (Å²) < 4.78 is 19.0. The van der Waals surface area contributed by atoms with E-state index in [0.717, 1.165) is 60.9 Å². The molecule has 3 heterocycles. The van der Waals surface area contributed by atoms with E-state index in [-0.39, 0.29) is 28.6 Å². The molecule has 57 heavy (non-hydrogen) atoms. The lowest BCUT2D eigenvalue weighted by Gasteiger charge is -2.39. The Morgan fingerprint density at radius 2 is 1.63 bits per heavy atom. The van der Waals surface area contributed by atoms with Crippen molar-refractivity contribution < 1.29 is 28.9 Å². The van der Waals surface area contributed by atoms with Crippen LogP contribution in [-0.2, 0) is 26.1 Å². The number of hydrogen-bond donors (Lipinski definition) is 4. The summed E-state index contributed by atoms with van der Waals surface area (Å²) >= 11 is 2.71. The molecule has 1 aliphatic rings. The molecular weight excluding hydrogens is 775 g/mol. The van der Waals surface area contributed by atoms with E-state index in [4.69, 9.17) is 13.9 Å². The highest BCUT2D eigenvalue weighted by atomic mass is 32.1. The molecule has 0 unspecified atom stereocenters. The van der Waals surface area contributed by atoms with Crippen molar-refractivity contribution in [1.82, 2.24) is 15.2 Å². The number of benzene rings is 2. The molecule has 1 aliphatic carbocycles. The van der Waals surface area contributed by atoms with E-state index < -0.39 is 19.9 Å². The van der Waals surface area contributed by atoms with Gasteiger partial charge in [0, 0.05) is 37.1 Å². The fraction of sp³-hybridized carbons (Fsp3) is 0.455.